The number of hydrogen-bond donors (Lipinski definition) is 2. The van der Waals surface area contributed by atoms with Crippen LogP contribution in [0.5, 0.6) is 0 Å². The van der Waals surface area contributed by atoms with Crippen molar-refractivity contribution in [1.82, 2.24) is 10.2 Å². The molecule has 0 aliphatic carbocycles. The lowest BCUT2D eigenvalue weighted by atomic mass is 9.93. The van der Waals surface area contributed by atoms with Crippen molar-refractivity contribution < 1.29 is 4.79 Å². The van der Waals surface area contributed by atoms with Gasteiger partial charge in [0.25, 0.3) is 0 Å². The van der Waals surface area contributed by atoms with Crippen molar-refractivity contribution in [3.8, 4) is 0 Å². The van der Waals surface area contributed by atoms with E-state index in [4.69, 9.17) is 0 Å². The Labute approximate surface area is 162 Å². The highest BCUT2D eigenvalue weighted by molar-refractivity contribution is 14.0. The van der Waals surface area contributed by atoms with E-state index >= 15 is 0 Å². The van der Waals surface area contributed by atoms with Crippen LogP contribution < -0.4 is 10.6 Å². The van der Waals surface area contributed by atoms with Crippen LogP contribution in [0.4, 0.5) is 5.69 Å². The molecule has 1 heterocycles. The molecule has 1 saturated heterocycles. The molecular formula is C18H29IN4O. The number of aliphatic imine (C=N–C) groups is 1. The number of halogens is 1. The quantitative estimate of drug-likeness (QED) is 0.427. The summed E-state index contributed by atoms with van der Waals surface area (Å²) in [5, 5.41) is 6.09. The van der Waals surface area contributed by atoms with Crippen molar-refractivity contribution in [2.75, 3.05) is 32.0 Å². The van der Waals surface area contributed by atoms with E-state index in [1.165, 1.54) is 5.56 Å². The Bertz CT molecular complexity index is 586. The molecule has 6 heteroatoms. The van der Waals surface area contributed by atoms with Gasteiger partial charge in [-0.05, 0) is 36.0 Å². The van der Waals surface area contributed by atoms with Gasteiger partial charge in [0.2, 0.25) is 5.91 Å². The molecule has 0 atom stereocenters. The molecule has 0 unspecified atom stereocenters. The predicted octanol–water partition coefficient (Wildman–Crippen LogP) is 3.11. The fraction of sp³-hybridized carbons (Fsp3) is 0.556. The molecule has 0 radical (unpaired) electrons. The molecule has 0 aromatic heterocycles. The lowest BCUT2D eigenvalue weighted by Gasteiger charge is -2.23. The number of aryl methyl sites for hydroxylation is 1. The largest absolute Gasteiger partial charge is 0.347 e. The summed E-state index contributed by atoms with van der Waals surface area (Å²) in [6.45, 7) is 8.78. The van der Waals surface area contributed by atoms with Crippen LogP contribution in [0.3, 0.4) is 0 Å². The van der Waals surface area contributed by atoms with Gasteiger partial charge in [0.15, 0.2) is 5.96 Å². The van der Waals surface area contributed by atoms with Gasteiger partial charge in [0, 0.05) is 25.8 Å². The second-order valence-corrected chi connectivity index (χ2v) is 6.84. The number of amides is 1. The van der Waals surface area contributed by atoms with Gasteiger partial charge in [0.1, 0.15) is 0 Å². The molecule has 0 bridgehead atoms. The van der Waals surface area contributed by atoms with E-state index in [-0.39, 0.29) is 36.4 Å². The molecule has 1 aliphatic heterocycles. The first-order chi connectivity index (χ1) is 10.9. The summed E-state index contributed by atoms with van der Waals surface area (Å²) < 4.78 is 0. The zero-order valence-corrected chi connectivity index (χ0v) is 17.4. The summed E-state index contributed by atoms with van der Waals surface area (Å²) in [4.78, 5) is 18.6. The van der Waals surface area contributed by atoms with E-state index < -0.39 is 0 Å². The van der Waals surface area contributed by atoms with Crippen LogP contribution in [-0.4, -0.2) is 43.4 Å². The summed E-state index contributed by atoms with van der Waals surface area (Å²) >= 11 is 0. The van der Waals surface area contributed by atoms with Crippen LogP contribution in [0.2, 0.25) is 0 Å². The summed E-state index contributed by atoms with van der Waals surface area (Å²) in [5.41, 5.74) is 2.36. The Morgan fingerprint density at radius 3 is 2.71 bits per heavy atom. The number of carbonyl (C=O) groups excluding carboxylic acids is 1. The molecule has 1 aromatic rings. The van der Waals surface area contributed by atoms with Crippen LogP contribution in [0.25, 0.3) is 0 Å². The van der Waals surface area contributed by atoms with E-state index in [9.17, 15) is 4.79 Å². The number of hydrogen-bond acceptors (Lipinski definition) is 2. The van der Waals surface area contributed by atoms with Crippen LogP contribution in [0, 0.1) is 5.41 Å². The molecule has 24 heavy (non-hydrogen) atoms. The Morgan fingerprint density at radius 1 is 1.38 bits per heavy atom. The third-order valence-corrected chi connectivity index (χ3v) is 4.21. The lowest BCUT2D eigenvalue weighted by molar-refractivity contribution is -0.115. The number of anilines is 1. The molecular weight excluding hydrogens is 415 g/mol. The van der Waals surface area contributed by atoms with E-state index in [0.29, 0.717) is 5.41 Å². The number of benzene rings is 1. The number of likely N-dealkylation sites (tertiary alicyclic amines) is 1. The minimum atomic E-state index is -0.0575. The van der Waals surface area contributed by atoms with E-state index in [2.05, 4.69) is 47.4 Å². The molecule has 2 N–H and O–H groups in total. The van der Waals surface area contributed by atoms with Gasteiger partial charge in [-0.25, -0.2) is 0 Å². The van der Waals surface area contributed by atoms with Crippen molar-refractivity contribution in [3.05, 3.63) is 29.8 Å². The van der Waals surface area contributed by atoms with E-state index in [1.807, 2.05) is 18.2 Å². The monoisotopic (exact) mass is 444 g/mol. The molecule has 1 aliphatic rings. The second-order valence-electron chi connectivity index (χ2n) is 6.84. The maximum Gasteiger partial charge on any atom is 0.243 e. The minimum absolute atomic E-state index is 0. The number of rotatable bonds is 4. The molecule has 0 spiro atoms. The fourth-order valence-corrected chi connectivity index (χ4v) is 2.86. The Kier molecular flexibility index (Phi) is 7.99. The van der Waals surface area contributed by atoms with Crippen molar-refractivity contribution in [2.24, 2.45) is 10.4 Å². The Balaban J connectivity index is 0.00000288. The maximum atomic E-state index is 12.1. The third-order valence-electron chi connectivity index (χ3n) is 4.21. The van der Waals surface area contributed by atoms with Gasteiger partial charge >= 0.3 is 0 Å². The van der Waals surface area contributed by atoms with Gasteiger partial charge in [-0.15, -0.1) is 24.0 Å². The average molecular weight is 444 g/mol. The molecule has 1 amide bonds. The van der Waals surface area contributed by atoms with Gasteiger partial charge in [-0.3, -0.25) is 9.79 Å². The van der Waals surface area contributed by atoms with Gasteiger partial charge in [-0.2, -0.15) is 0 Å². The standard InChI is InChI=1S/C18H28N4O.HI/c1-5-14-7-6-8-15(11-14)21-16(23)12-20-17(19-4)22-10-9-18(2,3)13-22;/h6-8,11H,5,9-10,12-13H2,1-4H3,(H,19,20)(H,21,23);1H. The van der Waals surface area contributed by atoms with E-state index in [1.54, 1.807) is 7.05 Å². The lowest BCUT2D eigenvalue weighted by Crippen LogP contribution is -2.43. The summed E-state index contributed by atoms with van der Waals surface area (Å²) in [7, 11) is 1.76. The smallest absolute Gasteiger partial charge is 0.243 e. The van der Waals surface area contributed by atoms with Gasteiger partial charge in [0.05, 0.1) is 6.54 Å². The highest BCUT2D eigenvalue weighted by Gasteiger charge is 2.30. The summed E-state index contributed by atoms with van der Waals surface area (Å²) in [6, 6.07) is 7.95. The zero-order valence-electron chi connectivity index (χ0n) is 15.1. The molecule has 1 fully saturated rings. The van der Waals surface area contributed by atoms with Crippen LogP contribution in [-0.2, 0) is 11.2 Å². The number of nitrogens with zero attached hydrogens (tertiary/aromatic N) is 2. The van der Waals surface area contributed by atoms with Crippen molar-refractivity contribution in [3.63, 3.8) is 0 Å². The molecule has 1 aromatic carbocycles. The highest BCUT2D eigenvalue weighted by Crippen LogP contribution is 2.28. The SMILES string of the molecule is CCc1cccc(NC(=O)CNC(=NC)N2CCC(C)(C)C2)c1.I. The van der Waals surface area contributed by atoms with Crippen LogP contribution >= 0.6 is 24.0 Å². The molecule has 0 saturated carbocycles. The average Bonchev–Trinajstić information content (AvgIpc) is 2.88. The van der Waals surface area contributed by atoms with Crippen molar-refractivity contribution >= 4 is 41.5 Å². The minimum Gasteiger partial charge on any atom is -0.347 e. The number of guanidine groups is 1. The first-order valence-electron chi connectivity index (χ1n) is 8.28. The van der Waals surface area contributed by atoms with Gasteiger partial charge in [-0.1, -0.05) is 32.9 Å². The predicted molar refractivity (Wildman–Crippen MR) is 111 cm³/mol. The third kappa shape index (κ3) is 5.96. The maximum absolute atomic E-state index is 12.1. The topological polar surface area (TPSA) is 56.7 Å². The normalized spacial score (nSPS) is 16.5. The van der Waals surface area contributed by atoms with Crippen molar-refractivity contribution in [2.45, 2.75) is 33.6 Å². The van der Waals surface area contributed by atoms with Crippen molar-refractivity contribution in [1.29, 1.82) is 0 Å². The van der Waals surface area contributed by atoms with E-state index in [0.717, 1.165) is 37.6 Å². The van der Waals surface area contributed by atoms with Crippen LogP contribution in [0.1, 0.15) is 32.8 Å². The van der Waals surface area contributed by atoms with Crippen LogP contribution in [0.15, 0.2) is 29.3 Å². The van der Waals surface area contributed by atoms with Gasteiger partial charge < -0.3 is 15.5 Å². The zero-order chi connectivity index (χ0) is 16.9. The first kappa shape index (κ1) is 20.7. The molecule has 2 rings (SSSR count). The number of carbonyl (C=O) groups is 1. The summed E-state index contributed by atoms with van der Waals surface area (Å²) in [6.07, 6.45) is 2.10. The fourth-order valence-electron chi connectivity index (χ4n) is 2.86. The Hall–Kier alpha value is -1.31. The summed E-state index contributed by atoms with van der Waals surface area (Å²) in [5.74, 6) is 0.742. The Morgan fingerprint density at radius 2 is 2.12 bits per heavy atom. The first-order valence-corrected chi connectivity index (χ1v) is 8.28. The molecule has 5 nitrogen and oxygen atoms in total. The molecule has 134 valence electrons. The number of nitrogens with one attached hydrogen (secondary N) is 2. The second kappa shape index (κ2) is 9.25. The highest BCUT2D eigenvalue weighted by atomic mass is 127.